The van der Waals surface area contributed by atoms with Gasteiger partial charge in [-0.15, -0.1) is 11.3 Å². The first-order valence-corrected chi connectivity index (χ1v) is 8.68. The lowest BCUT2D eigenvalue weighted by Crippen LogP contribution is -2.51. The standard InChI is InChI=1S/C15H18N6S2/c1-12(14-17-6-11-23-14)18-19-15(22)21-9-7-20(8-10-21)13-4-2-3-5-16-13/h2-6,11H,7-10H2,1H3,(H,19,22)/b18-12-. The Kier molecular flexibility index (Phi) is 5.14. The van der Waals surface area contributed by atoms with Crippen molar-refractivity contribution in [3.05, 3.63) is 41.0 Å². The molecular weight excluding hydrogens is 328 g/mol. The summed E-state index contributed by atoms with van der Waals surface area (Å²) in [6.07, 6.45) is 3.60. The summed E-state index contributed by atoms with van der Waals surface area (Å²) in [4.78, 5) is 13.0. The molecule has 23 heavy (non-hydrogen) atoms. The van der Waals surface area contributed by atoms with Gasteiger partial charge in [-0.05, 0) is 31.3 Å². The molecule has 0 unspecified atom stereocenters. The second kappa shape index (κ2) is 7.47. The number of nitrogens with zero attached hydrogens (tertiary/aromatic N) is 5. The molecule has 0 aromatic carbocycles. The van der Waals surface area contributed by atoms with Crippen LogP contribution in [-0.2, 0) is 0 Å². The Balaban J connectivity index is 1.51. The summed E-state index contributed by atoms with van der Waals surface area (Å²) in [5, 5.41) is 7.82. The van der Waals surface area contributed by atoms with Crippen LogP contribution in [0.15, 0.2) is 41.1 Å². The molecule has 0 spiro atoms. The monoisotopic (exact) mass is 346 g/mol. The van der Waals surface area contributed by atoms with Crippen LogP contribution in [0.4, 0.5) is 5.82 Å². The van der Waals surface area contributed by atoms with Crippen molar-refractivity contribution < 1.29 is 0 Å². The van der Waals surface area contributed by atoms with Gasteiger partial charge in [-0.1, -0.05) is 6.07 Å². The van der Waals surface area contributed by atoms with E-state index in [9.17, 15) is 0 Å². The maximum atomic E-state index is 5.43. The number of aromatic nitrogens is 2. The highest BCUT2D eigenvalue weighted by atomic mass is 32.1. The average molecular weight is 346 g/mol. The molecule has 120 valence electrons. The molecule has 0 amide bonds. The van der Waals surface area contributed by atoms with Gasteiger partial charge in [-0.25, -0.2) is 9.97 Å². The summed E-state index contributed by atoms with van der Waals surface area (Å²) in [5.74, 6) is 1.02. The SMILES string of the molecule is C/C(=N/NC(=S)N1CCN(c2ccccn2)CC1)c1nccs1. The Morgan fingerprint density at radius 3 is 2.70 bits per heavy atom. The van der Waals surface area contributed by atoms with Crippen LogP contribution in [0.2, 0.25) is 0 Å². The predicted molar refractivity (Wildman–Crippen MR) is 98.1 cm³/mol. The molecular formula is C15H18N6S2. The second-order valence-electron chi connectivity index (χ2n) is 5.11. The number of anilines is 1. The maximum Gasteiger partial charge on any atom is 0.189 e. The third-order valence-corrected chi connectivity index (χ3v) is 4.83. The highest BCUT2D eigenvalue weighted by Gasteiger charge is 2.19. The van der Waals surface area contributed by atoms with E-state index in [-0.39, 0.29) is 0 Å². The number of pyridine rings is 1. The largest absolute Gasteiger partial charge is 0.353 e. The van der Waals surface area contributed by atoms with Gasteiger partial charge in [0.15, 0.2) is 5.11 Å². The first-order valence-electron chi connectivity index (χ1n) is 7.39. The molecule has 0 bridgehead atoms. The Hall–Kier alpha value is -2.06. The zero-order valence-electron chi connectivity index (χ0n) is 12.8. The smallest absolute Gasteiger partial charge is 0.189 e. The molecule has 1 aliphatic heterocycles. The molecule has 3 rings (SSSR count). The lowest BCUT2D eigenvalue weighted by atomic mass is 10.3. The Labute approximate surface area is 144 Å². The minimum Gasteiger partial charge on any atom is -0.353 e. The Morgan fingerprint density at radius 1 is 1.22 bits per heavy atom. The van der Waals surface area contributed by atoms with Crippen LogP contribution in [0.3, 0.4) is 0 Å². The molecule has 1 saturated heterocycles. The highest BCUT2D eigenvalue weighted by Crippen LogP contribution is 2.12. The first-order chi connectivity index (χ1) is 11.2. The van der Waals surface area contributed by atoms with Crippen molar-refractivity contribution in [3.8, 4) is 0 Å². The number of hydrogen-bond acceptors (Lipinski definition) is 6. The van der Waals surface area contributed by atoms with E-state index in [0.29, 0.717) is 5.11 Å². The third-order valence-electron chi connectivity index (χ3n) is 3.60. The fraction of sp³-hybridized carbons (Fsp3) is 0.333. The van der Waals surface area contributed by atoms with Crippen LogP contribution < -0.4 is 10.3 Å². The van der Waals surface area contributed by atoms with Gasteiger partial charge >= 0.3 is 0 Å². The van der Waals surface area contributed by atoms with E-state index in [1.165, 1.54) is 0 Å². The van der Waals surface area contributed by atoms with Gasteiger partial charge in [0.25, 0.3) is 0 Å². The predicted octanol–water partition coefficient (Wildman–Crippen LogP) is 1.96. The summed E-state index contributed by atoms with van der Waals surface area (Å²) in [6, 6.07) is 5.98. The molecule has 1 fully saturated rings. The molecule has 2 aromatic rings. The van der Waals surface area contributed by atoms with Gasteiger partial charge in [-0.3, -0.25) is 5.43 Å². The van der Waals surface area contributed by atoms with Crippen molar-refractivity contribution in [2.24, 2.45) is 5.10 Å². The second-order valence-corrected chi connectivity index (χ2v) is 6.39. The quantitative estimate of drug-likeness (QED) is 0.521. The summed E-state index contributed by atoms with van der Waals surface area (Å²) < 4.78 is 0. The lowest BCUT2D eigenvalue weighted by molar-refractivity contribution is 0.380. The molecule has 6 nitrogen and oxygen atoms in total. The molecule has 1 aliphatic rings. The minimum absolute atomic E-state index is 0.654. The summed E-state index contributed by atoms with van der Waals surface area (Å²) >= 11 is 7.00. The van der Waals surface area contributed by atoms with Gasteiger partial charge in [-0.2, -0.15) is 5.10 Å². The van der Waals surface area contributed by atoms with E-state index in [2.05, 4.69) is 30.3 Å². The van der Waals surface area contributed by atoms with E-state index >= 15 is 0 Å². The van der Waals surface area contributed by atoms with Crippen LogP contribution >= 0.6 is 23.6 Å². The molecule has 0 atom stereocenters. The average Bonchev–Trinajstić information content (AvgIpc) is 3.15. The van der Waals surface area contributed by atoms with Crippen molar-refractivity contribution in [1.82, 2.24) is 20.3 Å². The van der Waals surface area contributed by atoms with E-state index in [1.54, 1.807) is 17.5 Å². The maximum absolute atomic E-state index is 5.43. The first kappa shape index (κ1) is 15.8. The Morgan fingerprint density at radius 2 is 2.04 bits per heavy atom. The topological polar surface area (TPSA) is 56.7 Å². The molecule has 0 saturated carbocycles. The summed E-state index contributed by atoms with van der Waals surface area (Å²) in [5.41, 5.74) is 3.81. The molecule has 2 aromatic heterocycles. The number of hydrazone groups is 1. The molecule has 3 heterocycles. The van der Waals surface area contributed by atoms with Crippen LogP contribution in [0.25, 0.3) is 0 Å². The van der Waals surface area contributed by atoms with Gasteiger partial charge < -0.3 is 9.80 Å². The van der Waals surface area contributed by atoms with Crippen LogP contribution in [0, 0.1) is 0 Å². The number of hydrogen-bond donors (Lipinski definition) is 1. The molecule has 0 radical (unpaired) electrons. The summed E-state index contributed by atoms with van der Waals surface area (Å²) in [6.45, 7) is 5.43. The number of thiocarbonyl (C=S) groups is 1. The molecule has 8 heteroatoms. The zero-order valence-corrected chi connectivity index (χ0v) is 14.5. The lowest BCUT2D eigenvalue weighted by Gasteiger charge is -2.36. The van der Waals surface area contributed by atoms with E-state index in [1.807, 2.05) is 36.7 Å². The van der Waals surface area contributed by atoms with E-state index < -0.39 is 0 Å². The van der Waals surface area contributed by atoms with E-state index in [4.69, 9.17) is 12.2 Å². The molecule has 0 aliphatic carbocycles. The number of rotatable bonds is 3. The fourth-order valence-electron chi connectivity index (χ4n) is 2.33. The van der Waals surface area contributed by atoms with Gasteiger partial charge in [0, 0.05) is 44.0 Å². The number of nitrogens with one attached hydrogen (secondary N) is 1. The minimum atomic E-state index is 0.654. The van der Waals surface area contributed by atoms with E-state index in [0.717, 1.165) is 42.7 Å². The molecule has 1 N–H and O–H groups in total. The van der Waals surface area contributed by atoms with Crippen LogP contribution in [0.5, 0.6) is 0 Å². The third kappa shape index (κ3) is 4.02. The van der Waals surface area contributed by atoms with Crippen LogP contribution in [0.1, 0.15) is 11.9 Å². The van der Waals surface area contributed by atoms with Gasteiger partial charge in [0.2, 0.25) is 0 Å². The van der Waals surface area contributed by atoms with Crippen molar-refractivity contribution in [2.75, 3.05) is 31.1 Å². The fourth-order valence-corrected chi connectivity index (χ4v) is 3.15. The van der Waals surface area contributed by atoms with Crippen LogP contribution in [-0.4, -0.2) is 51.9 Å². The van der Waals surface area contributed by atoms with Gasteiger partial charge in [0.1, 0.15) is 10.8 Å². The number of thiazole rings is 1. The van der Waals surface area contributed by atoms with Crippen molar-refractivity contribution >= 4 is 40.2 Å². The number of piperazine rings is 1. The Bertz CT molecular complexity index is 663. The van der Waals surface area contributed by atoms with Crippen molar-refractivity contribution in [2.45, 2.75) is 6.92 Å². The zero-order chi connectivity index (χ0) is 16.1. The van der Waals surface area contributed by atoms with Gasteiger partial charge in [0.05, 0.1) is 5.71 Å². The van der Waals surface area contributed by atoms with Crippen molar-refractivity contribution in [3.63, 3.8) is 0 Å². The van der Waals surface area contributed by atoms with Crippen molar-refractivity contribution in [1.29, 1.82) is 0 Å². The normalized spacial score (nSPS) is 15.6. The summed E-state index contributed by atoms with van der Waals surface area (Å²) in [7, 11) is 0. The highest BCUT2D eigenvalue weighted by molar-refractivity contribution is 7.80.